The molecule has 0 aliphatic heterocycles. The van der Waals surface area contributed by atoms with Crippen LogP contribution in [0, 0.1) is 28.6 Å². The predicted molar refractivity (Wildman–Crippen MR) is 120 cm³/mol. The van der Waals surface area contributed by atoms with E-state index >= 15 is 0 Å². The van der Waals surface area contributed by atoms with Gasteiger partial charge in [-0.15, -0.1) is 0 Å². The van der Waals surface area contributed by atoms with Crippen molar-refractivity contribution in [3.8, 4) is 23.3 Å². The van der Waals surface area contributed by atoms with Crippen LogP contribution in [0.3, 0.4) is 0 Å². The minimum absolute atomic E-state index is 0.413. The Morgan fingerprint density at radius 1 is 0.828 bits per heavy atom. The number of benzene rings is 2. The Labute approximate surface area is 176 Å². The number of nitrogens with zero attached hydrogens (tertiary/aromatic N) is 2. The van der Waals surface area contributed by atoms with Crippen LogP contribution in [0.4, 0.5) is 0 Å². The molecule has 1 aliphatic rings. The summed E-state index contributed by atoms with van der Waals surface area (Å²) in [7, 11) is 0. The highest BCUT2D eigenvalue weighted by molar-refractivity contribution is 5.75. The fourth-order valence-electron chi connectivity index (χ4n) is 4.80. The molecule has 150 valence electrons. The molecule has 0 spiro atoms. The van der Waals surface area contributed by atoms with Crippen LogP contribution in [0.25, 0.3) is 11.1 Å². The molecule has 2 aromatic rings. The van der Waals surface area contributed by atoms with Gasteiger partial charge in [-0.2, -0.15) is 10.5 Å². The van der Waals surface area contributed by atoms with Crippen molar-refractivity contribution in [1.29, 1.82) is 10.5 Å². The molecule has 1 saturated carbocycles. The van der Waals surface area contributed by atoms with Gasteiger partial charge in [0, 0.05) is 5.56 Å². The Bertz CT molecular complexity index is 888. The number of hydrogen-bond donors (Lipinski definition) is 0. The Morgan fingerprint density at radius 2 is 1.52 bits per heavy atom. The van der Waals surface area contributed by atoms with E-state index in [1.54, 1.807) is 0 Å². The summed E-state index contributed by atoms with van der Waals surface area (Å²) < 4.78 is 0. The second kappa shape index (κ2) is 10.3. The monoisotopic (exact) mass is 384 g/mol. The van der Waals surface area contributed by atoms with Gasteiger partial charge in [0.15, 0.2) is 0 Å². The van der Waals surface area contributed by atoms with E-state index < -0.39 is 0 Å². The zero-order valence-electron chi connectivity index (χ0n) is 17.9. The maximum atomic E-state index is 9.91. The zero-order chi connectivity index (χ0) is 20.6. The van der Waals surface area contributed by atoms with Gasteiger partial charge in [-0.3, -0.25) is 0 Å². The number of aryl methyl sites for hydroxylation is 1. The molecule has 1 fully saturated rings. The van der Waals surface area contributed by atoms with Crippen LogP contribution in [0.2, 0.25) is 0 Å². The van der Waals surface area contributed by atoms with Crippen molar-refractivity contribution in [2.45, 2.75) is 77.6 Å². The topological polar surface area (TPSA) is 47.6 Å². The summed E-state index contributed by atoms with van der Waals surface area (Å²) in [6.07, 6.45) is 11.1. The lowest BCUT2D eigenvalue weighted by Crippen LogP contribution is -2.15. The lowest BCUT2D eigenvalue weighted by atomic mass is 9.75. The largest absolute Gasteiger partial charge is 0.192 e. The van der Waals surface area contributed by atoms with Crippen LogP contribution in [-0.2, 0) is 6.42 Å². The van der Waals surface area contributed by atoms with Crippen LogP contribution < -0.4 is 0 Å². The van der Waals surface area contributed by atoms with Crippen LogP contribution in [0.1, 0.15) is 93.4 Å². The normalized spacial score (nSPS) is 18.8. The quantitative estimate of drug-likeness (QED) is 0.464. The Morgan fingerprint density at radius 3 is 2.10 bits per heavy atom. The van der Waals surface area contributed by atoms with Gasteiger partial charge in [0.1, 0.15) is 12.1 Å². The third-order valence-corrected chi connectivity index (χ3v) is 6.64. The van der Waals surface area contributed by atoms with Crippen molar-refractivity contribution in [2.75, 3.05) is 0 Å². The van der Waals surface area contributed by atoms with Crippen LogP contribution in [0.15, 0.2) is 36.4 Å². The third-order valence-electron chi connectivity index (χ3n) is 6.64. The van der Waals surface area contributed by atoms with E-state index in [4.69, 9.17) is 0 Å². The maximum Gasteiger partial charge on any atom is 0.101 e. The van der Waals surface area contributed by atoms with E-state index in [2.05, 4.69) is 62.4 Å². The molecular weight excluding hydrogens is 352 g/mol. The van der Waals surface area contributed by atoms with Crippen LogP contribution in [-0.4, -0.2) is 0 Å². The van der Waals surface area contributed by atoms with Gasteiger partial charge in [-0.1, -0.05) is 75.9 Å². The zero-order valence-corrected chi connectivity index (χ0v) is 17.9. The number of hydrogen-bond acceptors (Lipinski definition) is 2. The summed E-state index contributed by atoms with van der Waals surface area (Å²) in [6.45, 7) is 4.39. The molecule has 2 aromatic carbocycles. The molecule has 3 rings (SSSR count). The van der Waals surface area contributed by atoms with Gasteiger partial charge in [-0.25, -0.2) is 0 Å². The summed E-state index contributed by atoms with van der Waals surface area (Å²) in [5.41, 5.74) is 5.40. The van der Waals surface area contributed by atoms with Crippen molar-refractivity contribution < 1.29 is 0 Å². The van der Waals surface area contributed by atoms with Gasteiger partial charge in [-0.05, 0) is 60.6 Å². The third kappa shape index (κ3) is 4.89. The van der Waals surface area contributed by atoms with Crippen molar-refractivity contribution in [2.24, 2.45) is 5.92 Å². The molecule has 0 amide bonds. The average Bonchev–Trinajstić information content (AvgIpc) is 2.78. The Kier molecular flexibility index (Phi) is 7.48. The SMILES string of the molecule is CCCCCC1CCC(c2ccc(-c3ccc(CC)cc3)c(C#N)c2C#N)CC1. The van der Waals surface area contributed by atoms with Crippen molar-refractivity contribution in [1.82, 2.24) is 0 Å². The summed E-state index contributed by atoms with van der Waals surface area (Å²) in [5, 5.41) is 19.8. The highest BCUT2D eigenvalue weighted by Gasteiger charge is 2.26. The Balaban J connectivity index is 1.82. The van der Waals surface area contributed by atoms with E-state index in [1.165, 1.54) is 44.1 Å². The second-order valence-electron chi connectivity index (χ2n) is 8.44. The molecule has 0 atom stereocenters. The first kappa shape index (κ1) is 21.1. The predicted octanol–water partition coefficient (Wildman–Crippen LogP) is 7.51. The molecule has 1 aliphatic carbocycles. The number of nitriles is 2. The smallest absolute Gasteiger partial charge is 0.101 e. The molecule has 0 aromatic heterocycles. The summed E-state index contributed by atoms with van der Waals surface area (Å²) in [6, 6.07) is 17.2. The van der Waals surface area contributed by atoms with Crippen molar-refractivity contribution >= 4 is 0 Å². The minimum Gasteiger partial charge on any atom is -0.192 e. The molecule has 0 unspecified atom stereocenters. The molecule has 29 heavy (non-hydrogen) atoms. The minimum atomic E-state index is 0.413. The molecule has 0 N–H and O–H groups in total. The van der Waals surface area contributed by atoms with Gasteiger partial charge in [0.05, 0.1) is 11.1 Å². The molecule has 0 saturated heterocycles. The second-order valence-corrected chi connectivity index (χ2v) is 8.44. The van der Waals surface area contributed by atoms with Crippen molar-refractivity contribution in [3.63, 3.8) is 0 Å². The highest BCUT2D eigenvalue weighted by Crippen LogP contribution is 2.41. The van der Waals surface area contributed by atoms with E-state index in [0.29, 0.717) is 17.0 Å². The number of unbranched alkanes of at least 4 members (excludes halogenated alkanes) is 2. The fourth-order valence-corrected chi connectivity index (χ4v) is 4.80. The Hall–Kier alpha value is -2.58. The number of rotatable bonds is 7. The first-order chi connectivity index (χ1) is 14.2. The first-order valence-electron chi connectivity index (χ1n) is 11.3. The van der Waals surface area contributed by atoms with Crippen molar-refractivity contribution in [3.05, 3.63) is 58.7 Å². The van der Waals surface area contributed by atoms with E-state index in [0.717, 1.165) is 41.9 Å². The van der Waals surface area contributed by atoms with Gasteiger partial charge < -0.3 is 0 Å². The molecule has 2 heteroatoms. The lowest BCUT2D eigenvalue weighted by Gasteiger charge is -2.29. The van der Waals surface area contributed by atoms with Crippen LogP contribution in [0.5, 0.6) is 0 Å². The van der Waals surface area contributed by atoms with E-state index in [1.807, 2.05) is 0 Å². The lowest BCUT2D eigenvalue weighted by molar-refractivity contribution is 0.302. The van der Waals surface area contributed by atoms with Gasteiger partial charge >= 0.3 is 0 Å². The van der Waals surface area contributed by atoms with E-state index in [9.17, 15) is 10.5 Å². The average molecular weight is 385 g/mol. The van der Waals surface area contributed by atoms with Gasteiger partial charge in [0.25, 0.3) is 0 Å². The molecule has 2 nitrogen and oxygen atoms in total. The standard InChI is InChI=1S/C27H32N2/c1-3-5-6-7-21-10-14-23(15-11-21)25-17-16-24(26(18-28)27(25)19-29)22-12-8-20(4-2)9-13-22/h8-9,12-13,16-17,21,23H,3-7,10-11,14-15H2,1-2H3. The van der Waals surface area contributed by atoms with E-state index in [-0.39, 0.29) is 0 Å². The highest BCUT2D eigenvalue weighted by atomic mass is 14.3. The van der Waals surface area contributed by atoms with Gasteiger partial charge in [0.2, 0.25) is 0 Å². The summed E-state index contributed by atoms with van der Waals surface area (Å²) in [4.78, 5) is 0. The summed E-state index contributed by atoms with van der Waals surface area (Å²) in [5.74, 6) is 1.26. The maximum absolute atomic E-state index is 9.91. The molecule has 0 bridgehead atoms. The first-order valence-corrected chi connectivity index (χ1v) is 11.3. The molecular formula is C27H32N2. The fraction of sp³-hybridized carbons (Fsp3) is 0.481. The molecule has 0 radical (unpaired) electrons. The summed E-state index contributed by atoms with van der Waals surface area (Å²) >= 11 is 0. The van der Waals surface area contributed by atoms with Crippen LogP contribution >= 0.6 is 0 Å². The molecule has 0 heterocycles.